The maximum atomic E-state index is 13.7. The Bertz CT molecular complexity index is 1400. The number of hydrogen-bond donors (Lipinski definition) is 2. The van der Waals surface area contributed by atoms with Crippen LogP contribution in [0.3, 0.4) is 0 Å². The van der Waals surface area contributed by atoms with E-state index in [1.165, 1.54) is 23.7 Å². The molecule has 0 saturated heterocycles. The van der Waals surface area contributed by atoms with Crippen molar-refractivity contribution >= 4 is 23.4 Å². The number of amides is 2. The van der Waals surface area contributed by atoms with E-state index in [1.54, 1.807) is 24.3 Å². The van der Waals surface area contributed by atoms with Crippen molar-refractivity contribution in [3.05, 3.63) is 78.6 Å². The van der Waals surface area contributed by atoms with Crippen LogP contribution in [0.5, 0.6) is 5.88 Å². The fraction of sp³-hybridized carbons (Fsp3) is 0.179. The van der Waals surface area contributed by atoms with Crippen molar-refractivity contribution in [1.29, 1.82) is 0 Å². The lowest BCUT2D eigenvalue weighted by atomic mass is 10.0. The molecule has 0 atom stereocenters. The summed E-state index contributed by atoms with van der Waals surface area (Å²) in [4.78, 5) is 26.1. The Morgan fingerprint density at radius 2 is 1.57 bits per heavy atom. The summed E-state index contributed by atoms with van der Waals surface area (Å²) >= 11 is 0. The fourth-order valence-corrected chi connectivity index (χ4v) is 3.83. The Hall–Kier alpha value is -4.66. The fourth-order valence-electron chi connectivity index (χ4n) is 3.83. The molecule has 0 saturated carbocycles. The van der Waals surface area contributed by atoms with Crippen molar-refractivity contribution in [3.63, 3.8) is 0 Å². The molecule has 1 heterocycles. The van der Waals surface area contributed by atoms with E-state index in [1.807, 2.05) is 62.3 Å². The predicted octanol–water partition coefficient (Wildman–Crippen LogP) is 5.48. The number of nitrogens with zero attached hydrogens (tertiary/aromatic N) is 3. The maximum absolute atomic E-state index is 13.7. The number of rotatable bonds is 7. The molecule has 190 valence electrons. The van der Waals surface area contributed by atoms with Gasteiger partial charge in [-0.3, -0.25) is 4.79 Å². The largest absolute Gasteiger partial charge is 0.407 e. The van der Waals surface area contributed by atoms with Gasteiger partial charge in [-0.15, -0.1) is 0 Å². The van der Waals surface area contributed by atoms with Gasteiger partial charge in [-0.05, 0) is 61.0 Å². The van der Waals surface area contributed by atoms with Crippen LogP contribution >= 0.6 is 0 Å². The van der Waals surface area contributed by atoms with Crippen molar-refractivity contribution in [1.82, 2.24) is 15.1 Å². The van der Waals surface area contributed by atoms with E-state index in [-0.39, 0.29) is 17.7 Å². The van der Waals surface area contributed by atoms with Crippen LogP contribution in [0.4, 0.5) is 20.6 Å². The highest BCUT2D eigenvalue weighted by Crippen LogP contribution is 2.41. The van der Waals surface area contributed by atoms with Gasteiger partial charge < -0.3 is 20.3 Å². The molecular weight excluding hydrogens is 473 g/mol. The highest BCUT2D eigenvalue weighted by molar-refractivity contribution is 5.91. The van der Waals surface area contributed by atoms with Gasteiger partial charge in [0.15, 0.2) is 0 Å². The summed E-state index contributed by atoms with van der Waals surface area (Å²) in [7, 11) is 3.91. The highest BCUT2D eigenvalue weighted by Gasteiger charge is 2.24. The molecule has 0 unspecified atom stereocenters. The van der Waals surface area contributed by atoms with Crippen molar-refractivity contribution in [2.24, 2.45) is 0 Å². The number of benzene rings is 3. The summed E-state index contributed by atoms with van der Waals surface area (Å²) in [6, 6.07) is 20.5. The van der Waals surface area contributed by atoms with Gasteiger partial charge in [-0.25, -0.2) is 9.18 Å². The second kappa shape index (κ2) is 10.9. The Labute approximate surface area is 214 Å². The minimum Gasteiger partial charge on any atom is -0.407 e. The Morgan fingerprint density at radius 3 is 2.14 bits per heavy atom. The molecule has 4 aromatic rings. The second-order valence-corrected chi connectivity index (χ2v) is 8.51. The number of hydrogen-bond acceptors (Lipinski definition) is 5. The van der Waals surface area contributed by atoms with Gasteiger partial charge >= 0.3 is 12.0 Å². The molecule has 0 spiro atoms. The maximum Gasteiger partial charge on any atom is 0.319 e. The molecule has 2 N–H and O–H groups in total. The van der Waals surface area contributed by atoms with Crippen molar-refractivity contribution in [2.75, 3.05) is 30.9 Å². The molecule has 0 radical (unpaired) electrons. The molecular formula is C28H28FN5O3. The summed E-state index contributed by atoms with van der Waals surface area (Å²) in [5.41, 5.74) is 4.84. The van der Waals surface area contributed by atoms with E-state index < -0.39 is 5.97 Å². The normalized spacial score (nSPS) is 10.6. The molecule has 3 aromatic carbocycles. The summed E-state index contributed by atoms with van der Waals surface area (Å²) in [5.74, 6) is -0.705. The van der Waals surface area contributed by atoms with E-state index >= 15 is 0 Å². The molecule has 0 aliphatic rings. The Balaban J connectivity index is 1.89. The average Bonchev–Trinajstić information content (AvgIpc) is 3.23. The first kappa shape index (κ1) is 25.4. The van der Waals surface area contributed by atoms with Crippen LogP contribution in [0.25, 0.3) is 28.1 Å². The van der Waals surface area contributed by atoms with E-state index in [0.717, 1.165) is 16.8 Å². The monoisotopic (exact) mass is 501 g/mol. The number of carbonyl (C=O) groups excluding carboxylic acids is 2. The molecule has 9 heteroatoms. The number of nitrogens with one attached hydrogen (secondary N) is 2. The van der Waals surface area contributed by atoms with Gasteiger partial charge in [0.1, 0.15) is 11.5 Å². The van der Waals surface area contributed by atoms with Crippen LogP contribution in [-0.4, -0.2) is 42.4 Å². The number of halogens is 1. The second-order valence-electron chi connectivity index (χ2n) is 8.51. The highest BCUT2D eigenvalue weighted by atomic mass is 19.1. The topological polar surface area (TPSA) is 88.5 Å². The molecule has 0 fully saturated rings. The van der Waals surface area contributed by atoms with Crippen LogP contribution in [0.2, 0.25) is 0 Å². The van der Waals surface area contributed by atoms with Crippen molar-refractivity contribution in [2.45, 2.75) is 13.8 Å². The van der Waals surface area contributed by atoms with Gasteiger partial charge in [-0.2, -0.15) is 9.78 Å². The molecule has 4 rings (SSSR count). The minimum atomic E-state index is -0.520. The van der Waals surface area contributed by atoms with Gasteiger partial charge in [0.05, 0.1) is 11.3 Å². The molecule has 0 aliphatic carbocycles. The Kier molecular flexibility index (Phi) is 7.52. The number of urea groups is 1. The van der Waals surface area contributed by atoms with E-state index in [4.69, 9.17) is 9.84 Å². The number of anilines is 2. The van der Waals surface area contributed by atoms with E-state index in [2.05, 4.69) is 10.6 Å². The van der Waals surface area contributed by atoms with Crippen LogP contribution in [0.1, 0.15) is 13.8 Å². The minimum absolute atomic E-state index is 0.204. The van der Waals surface area contributed by atoms with Crippen LogP contribution in [0, 0.1) is 5.82 Å². The summed E-state index contributed by atoms with van der Waals surface area (Å²) in [6.45, 7) is 3.66. The Morgan fingerprint density at radius 1 is 0.946 bits per heavy atom. The molecule has 0 bridgehead atoms. The van der Waals surface area contributed by atoms with Gasteiger partial charge in [0.2, 0.25) is 5.88 Å². The lowest BCUT2D eigenvalue weighted by Gasteiger charge is -2.13. The first-order chi connectivity index (χ1) is 17.8. The third-order valence-corrected chi connectivity index (χ3v) is 5.58. The first-order valence-corrected chi connectivity index (χ1v) is 11.8. The van der Waals surface area contributed by atoms with Crippen LogP contribution in [0.15, 0.2) is 72.8 Å². The first-order valence-electron chi connectivity index (χ1n) is 11.8. The van der Waals surface area contributed by atoms with Gasteiger partial charge in [0.25, 0.3) is 0 Å². The summed E-state index contributed by atoms with van der Waals surface area (Å²) < 4.78 is 20.8. The van der Waals surface area contributed by atoms with Crippen molar-refractivity contribution in [3.8, 4) is 34.0 Å². The van der Waals surface area contributed by atoms with E-state index in [0.29, 0.717) is 29.2 Å². The third kappa shape index (κ3) is 5.78. The summed E-state index contributed by atoms with van der Waals surface area (Å²) in [5, 5.41) is 10.3. The summed E-state index contributed by atoms with van der Waals surface area (Å²) in [6.07, 6.45) is 0. The predicted molar refractivity (Wildman–Crippen MR) is 143 cm³/mol. The zero-order valence-electron chi connectivity index (χ0n) is 21.1. The standard InChI is InChI=1S/C28H28FN5O3/c1-5-30-28(36)31-22-12-6-19(7-13-22)25-26(20-8-14-23(15-9-20)33(3)4)32-34(27(25)37-18(2)35)24-16-10-21(29)11-17-24/h6-17H,5H2,1-4H3,(H2,30,31,36). The third-order valence-electron chi connectivity index (χ3n) is 5.58. The number of aromatic nitrogens is 2. The molecule has 1 aromatic heterocycles. The number of ether oxygens (including phenoxy) is 1. The molecule has 0 aliphatic heterocycles. The van der Waals surface area contributed by atoms with Crippen LogP contribution in [-0.2, 0) is 4.79 Å². The number of esters is 1. The van der Waals surface area contributed by atoms with E-state index in [9.17, 15) is 14.0 Å². The lowest BCUT2D eigenvalue weighted by molar-refractivity contribution is -0.132. The lowest BCUT2D eigenvalue weighted by Crippen LogP contribution is -2.28. The average molecular weight is 502 g/mol. The van der Waals surface area contributed by atoms with Crippen LogP contribution < -0.4 is 20.3 Å². The SMILES string of the molecule is CCNC(=O)Nc1ccc(-c2c(-c3ccc(N(C)C)cc3)nn(-c3ccc(F)cc3)c2OC(C)=O)cc1. The van der Waals surface area contributed by atoms with Gasteiger partial charge in [0, 0.05) is 44.5 Å². The molecule has 8 nitrogen and oxygen atoms in total. The molecule has 2 amide bonds. The smallest absolute Gasteiger partial charge is 0.319 e. The zero-order chi connectivity index (χ0) is 26.5. The zero-order valence-corrected chi connectivity index (χ0v) is 21.1. The van der Waals surface area contributed by atoms with Crippen molar-refractivity contribution < 1.29 is 18.7 Å². The molecule has 37 heavy (non-hydrogen) atoms. The number of carbonyl (C=O) groups is 2. The van der Waals surface area contributed by atoms with Gasteiger partial charge in [-0.1, -0.05) is 24.3 Å². The quantitative estimate of drug-likeness (QED) is 0.328.